The molecule has 7 heteroatoms. The van der Waals surface area contributed by atoms with Gasteiger partial charge in [0.15, 0.2) is 5.65 Å². The fourth-order valence-electron chi connectivity index (χ4n) is 2.72. The van der Waals surface area contributed by atoms with Crippen LogP contribution in [0, 0.1) is 13.8 Å². The van der Waals surface area contributed by atoms with E-state index in [4.69, 9.17) is 0 Å². The van der Waals surface area contributed by atoms with Gasteiger partial charge in [-0.3, -0.25) is 18.9 Å². The minimum Gasteiger partial charge on any atom is -0.350 e. The molecule has 0 fully saturated rings. The fraction of sp³-hybridized carbons (Fsp3) is 0.375. The van der Waals surface area contributed by atoms with Crippen molar-refractivity contribution in [1.82, 2.24) is 29.5 Å². The highest BCUT2D eigenvalue weighted by molar-refractivity contribution is 5.76. The van der Waals surface area contributed by atoms with Crippen LogP contribution in [0.4, 0.5) is 0 Å². The van der Waals surface area contributed by atoms with Crippen LogP contribution in [0.5, 0.6) is 0 Å². The van der Waals surface area contributed by atoms with E-state index in [2.05, 4.69) is 20.4 Å². The molecule has 7 nitrogen and oxygen atoms in total. The first-order valence-electron chi connectivity index (χ1n) is 7.58. The van der Waals surface area contributed by atoms with Crippen molar-refractivity contribution in [2.75, 3.05) is 0 Å². The van der Waals surface area contributed by atoms with Crippen LogP contribution in [0.15, 0.2) is 24.8 Å². The molecule has 0 unspecified atom stereocenters. The van der Waals surface area contributed by atoms with Crippen molar-refractivity contribution in [3.63, 3.8) is 0 Å². The molecule has 0 aromatic carbocycles. The standard InChI is InChI=1S/C16H20N6O/c1-11-14(12(2)21(3)20-11)4-5-16(23)19-9-13-8-18-15-10-17-6-7-22(13)15/h6-8,10H,4-5,9H2,1-3H3,(H,19,23). The molecule has 0 aliphatic heterocycles. The molecule has 3 aromatic rings. The molecule has 0 bridgehead atoms. The minimum atomic E-state index is 0.0247. The second-order valence-corrected chi connectivity index (χ2v) is 5.60. The number of nitrogens with one attached hydrogen (secondary N) is 1. The number of aryl methyl sites for hydroxylation is 2. The average Bonchev–Trinajstić information content (AvgIpc) is 3.05. The minimum absolute atomic E-state index is 0.0247. The smallest absolute Gasteiger partial charge is 0.220 e. The first kappa shape index (κ1) is 15.2. The molecule has 3 aromatic heterocycles. The van der Waals surface area contributed by atoms with Gasteiger partial charge in [-0.2, -0.15) is 5.10 Å². The summed E-state index contributed by atoms with van der Waals surface area (Å²) in [6.45, 7) is 4.46. The van der Waals surface area contributed by atoms with Crippen LogP contribution in [0.1, 0.15) is 29.1 Å². The number of hydrogen-bond donors (Lipinski definition) is 1. The number of aromatic nitrogens is 5. The van der Waals surface area contributed by atoms with Crippen molar-refractivity contribution in [3.05, 3.63) is 47.4 Å². The number of imidazole rings is 1. The van der Waals surface area contributed by atoms with Crippen LogP contribution < -0.4 is 5.32 Å². The Labute approximate surface area is 134 Å². The summed E-state index contributed by atoms with van der Waals surface area (Å²) in [5.41, 5.74) is 4.98. The average molecular weight is 312 g/mol. The van der Waals surface area contributed by atoms with Crippen LogP contribution in [0.2, 0.25) is 0 Å². The van der Waals surface area contributed by atoms with E-state index in [1.807, 2.05) is 36.2 Å². The molecule has 1 amide bonds. The number of carbonyl (C=O) groups excluding carboxylic acids is 1. The van der Waals surface area contributed by atoms with Gasteiger partial charge >= 0.3 is 0 Å². The van der Waals surface area contributed by atoms with Crippen LogP contribution in [-0.2, 0) is 24.8 Å². The predicted octanol–water partition coefficient (Wildman–Crippen LogP) is 1.33. The Bertz CT molecular complexity index is 847. The Kier molecular flexibility index (Phi) is 4.10. The molecule has 0 aliphatic carbocycles. The van der Waals surface area contributed by atoms with Crippen LogP contribution in [0.25, 0.3) is 5.65 Å². The summed E-state index contributed by atoms with van der Waals surface area (Å²) in [6.07, 6.45) is 8.15. The first-order chi connectivity index (χ1) is 11.1. The van der Waals surface area contributed by atoms with Gasteiger partial charge in [0, 0.05) is 31.6 Å². The van der Waals surface area contributed by atoms with Gasteiger partial charge in [0.05, 0.1) is 30.3 Å². The van der Waals surface area contributed by atoms with Gasteiger partial charge in [-0.15, -0.1) is 0 Å². The Morgan fingerprint density at radius 2 is 2.13 bits per heavy atom. The summed E-state index contributed by atoms with van der Waals surface area (Å²) < 4.78 is 3.78. The van der Waals surface area contributed by atoms with Crippen LogP contribution in [0.3, 0.4) is 0 Å². The normalized spacial score (nSPS) is 11.1. The molecule has 120 valence electrons. The lowest BCUT2D eigenvalue weighted by Gasteiger charge is -2.06. The molecule has 0 atom stereocenters. The largest absolute Gasteiger partial charge is 0.350 e. The zero-order chi connectivity index (χ0) is 16.4. The number of nitrogens with zero attached hydrogens (tertiary/aromatic N) is 5. The summed E-state index contributed by atoms with van der Waals surface area (Å²) in [5.74, 6) is 0.0247. The van der Waals surface area contributed by atoms with E-state index in [-0.39, 0.29) is 5.91 Å². The summed E-state index contributed by atoms with van der Waals surface area (Å²) in [7, 11) is 1.92. The molecule has 0 radical (unpaired) electrons. The molecule has 23 heavy (non-hydrogen) atoms. The molecule has 0 aliphatic rings. The zero-order valence-corrected chi connectivity index (χ0v) is 13.6. The van der Waals surface area contributed by atoms with Gasteiger partial charge in [0.2, 0.25) is 5.91 Å². The van der Waals surface area contributed by atoms with E-state index in [1.54, 1.807) is 18.6 Å². The molecule has 3 heterocycles. The van der Waals surface area contributed by atoms with E-state index in [0.717, 1.165) is 28.3 Å². The van der Waals surface area contributed by atoms with Crippen LogP contribution in [-0.4, -0.2) is 30.1 Å². The maximum absolute atomic E-state index is 12.1. The topological polar surface area (TPSA) is 77.1 Å². The maximum Gasteiger partial charge on any atom is 0.220 e. The maximum atomic E-state index is 12.1. The van der Waals surface area contributed by atoms with E-state index in [0.29, 0.717) is 19.4 Å². The van der Waals surface area contributed by atoms with Crippen molar-refractivity contribution in [1.29, 1.82) is 0 Å². The lowest BCUT2D eigenvalue weighted by atomic mass is 10.1. The predicted molar refractivity (Wildman–Crippen MR) is 85.8 cm³/mol. The Balaban J connectivity index is 1.58. The van der Waals surface area contributed by atoms with E-state index >= 15 is 0 Å². The van der Waals surface area contributed by atoms with Gasteiger partial charge in [0.1, 0.15) is 0 Å². The third kappa shape index (κ3) is 3.08. The molecule has 0 saturated heterocycles. The van der Waals surface area contributed by atoms with Gasteiger partial charge in [-0.1, -0.05) is 0 Å². The molecule has 0 saturated carbocycles. The molecule has 3 rings (SSSR count). The lowest BCUT2D eigenvalue weighted by molar-refractivity contribution is -0.121. The van der Waals surface area contributed by atoms with Crippen molar-refractivity contribution in [2.24, 2.45) is 7.05 Å². The van der Waals surface area contributed by atoms with Gasteiger partial charge in [0.25, 0.3) is 0 Å². The first-order valence-corrected chi connectivity index (χ1v) is 7.58. The Hall–Kier alpha value is -2.70. The number of carbonyl (C=O) groups is 1. The molecular weight excluding hydrogens is 292 g/mol. The third-order valence-electron chi connectivity index (χ3n) is 4.12. The summed E-state index contributed by atoms with van der Waals surface area (Å²) >= 11 is 0. The highest BCUT2D eigenvalue weighted by Gasteiger charge is 2.11. The second kappa shape index (κ2) is 6.20. The van der Waals surface area contributed by atoms with E-state index in [1.165, 1.54) is 0 Å². The number of rotatable bonds is 5. The second-order valence-electron chi connectivity index (χ2n) is 5.60. The zero-order valence-electron chi connectivity index (χ0n) is 13.6. The fourth-order valence-corrected chi connectivity index (χ4v) is 2.72. The number of amides is 1. The molecule has 1 N–H and O–H groups in total. The van der Waals surface area contributed by atoms with E-state index < -0.39 is 0 Å². The third-order valence-corrected chi connectivity index (χ3v) is 4.12. The molecular formula is C16H20N6O. The van der Waals surface area contributed by atoms with Crippen molar-refractivity contribution in [2.45, 2.75) is 33.2 Å². The summed E-state index contributed by atoms with van der Waals surface area (Å²) in [5, 5.41) is 7.32. The van der Waals surface area contributed by atoms with Gasteiger partial charge in [-0.05, 0) is 25.8 Å². The van der Waals surface area contributed by atoms with Gasteiger partial charge in [-0.25, -0.2) is 4.98 Å². The monoisotopic (exact) mass is 312 g/mol. The highest BCUT2D eigenvalue weighted by Crippen LogP contribution is 2.14. The number of hydrogen-bond acceptors (Lipinski definition) is 4. The summed E-state index contributed by atoms with van der Waals surface area (Å²) in [6, 6.07) is 0. The van der Waals surface area contributed by atoms with E-state index in [9.17, 15) is 4.79 Å². The Morgan fingerprint density at radius 1 is 1.30 bits per heavy atom. The number of fused-ring (bicyclic) bond motifs is 1. The van der Waals surface area contributed by atoms with Crippen molar-refractivity contribution < 1.29 is 4.79 Å². The summed E-state index contributed by atoms with van der Waals surface area (Å²) in [4.78, 5) is 20.4. The van der Waals surface area contributed by atoms with Crippen molar-refractivity contribution >= 4 is 11.6 Å². The Morgan fingerprint density at radius 3 is 2.87 bits per heavy atom. The highest BCUT2D eigenvalue weighted by atomic mass is 16.1. The van der Waals surface area contributed by atoms with Gasteiger partial charge < -0.3 is 5.32 Å². The quantitative estimate of drug-likeness (QED) is 0.771. The SMILES string of the molecule is Cc1nn(C)c(C)c1CCC(=O)NCc1cnc2cnccn12. The van der Waals surface area contributed by atoms with Crippen molar-refractivity contribution in [3.8, 4) is 0 Å². The molecule has 0 spiro atoms. The van der Waals surface area contributed by atoms with Crippen LogP contribution >= 0.6 is 0 Å². The lowest BCUT2D eigenvalue weighted by Crippen LogP contribution is -2.23.